The Bertz CT molecular complexity index is 4280. The molecule has 596 valence electrons. The number of aromatic nitrogens is 12. The Kier molecular flexibility index (Phi) is 42.9. The van der Waals surface area contributed by atoms with Crippen LogP contribution >= 0.6 is 74.3 Å². The van der Waals surface area contributed by atoms with Gasteiger partial charge >= 0.3 is 68.2 Å². The zero-order chi connectivity index (χ0) is 82.7. The largest absolute Gasteiger partial charge is 0.403 e. The molecule has 0 unspecified atom stereocenters. The van der Waals surface area contributed by atoms with Gasteiger partial charge in [-0.2, -0.15) is 0 Å². The molecule has 6 heterocycles. The maximum absolute atomic E-state index is 7.57. The minimum atomic E-state index is -1.12. The van der Waals surface area contributed by atoms with E-state index in [2.05, 4.69) is 414 Å². The van der Waals surface area contributed by atoms with Crippen molar-refractivity contribution in [3.63, 3.8) is 0 Å². The molecule has 118 heavy (non-hydrogen) atoms. The molecule has 13 nitrogen and oxygen atoms in total. The Hall–Kier alpha value is -9.88. The maximum Gasteiger partial charge on any atom is 0.325 e. The van der Waals surface area contributed by atoms with Crippen molar-refractivity contribution < 1.29 is 39.7 Å². The van der Waals surface area contributed by atoms with Crippen LogP contribution in [0.5, 0.6) is 0 Å². The molecule has 0 radical (unpaired) electrons. The topological polar surface area (TPSA) is 127 Å². The summed E-state index contributed by atoms with van der Waals surface area (Å²) in [7, 11) is 5.10. The molecule has 0 aliphatic rings. The van der Waals surface area contributed by atoms with Crippen molar-refractivity contribution in [1.82, 2.24) is 58.1 Å². The number of hydrogen-bond acceptors (Lipinski definition) is 7. The van der Waals surface area contributed by atoms with Crippen LogP contribution in [0.25, 0.3) is 0 Å². The van der Waals surface area contributed by atoms with Crippen molar-refractivity contribution in [3.05, 3.63) is 475 Å². The quantitative estimate of drug-likeness (QED) is 0.0515. The molecule has 6 aromatic heterocycles. The molecule has 18 rings (SSSR count). The molecule has 18 aromatic rings. The fourth-order valence-electron chi connectivity index (χ4n) is 12.4. The van der Waals surface area contributed by atoms with Crippen LogP contribution in [0.3, 0.4) is 0 Å². The first-order valence-electron chi connectivity index (χ1n) is 37.6. The summed E-state index contributed by atoms with van der Waals surface area (Å²) in [5, 5.41) is 50.1. The average molecular weight is 1880 g/mol. The van der Waals surface area contributed by atoms with Gasteiger partial charge in [0, 0.05) is 43.8 Å². The van der Waals surface area contributed by atoms with E-state index in [9.17, 15) is 0 Å². The van der Waals surface area contributed by atoms with Gasteiger partial charge in [0.25, 0.3) is 0 Å². The first-order chi connectivity index (χ1) is 58.5. The van der Waals surface area contributed by atoms with Crippen LogP contribution in [0.2, 0.25) is 0 Å². The van der Waals surface area contributed by atoms with E-state index < -0.39 is 45.9 Å². The number of nitrogens with zero attached hydrogens (tertiary/aromatic N) is 12. The molecule has 0 saturated heterocycles. The van der Waals surface area contributed by atoms with Gasteiger partial charge < -0.3 is 32.7 Å². The van der Waals surface area contributed by atoms with E-state index in [4.69, 9.17) is 28.3 Å². The van der Waals surface area contributed by atoms with Crippen molar-refractivity contribution >= 4 is 152 Å². The summed E-state index contributed by atoms with van der Waals surface area (Å²) in [5.41, 5.74) is 0. The van der Waals surface area contributed by atoms with Crippen LogP contribution in [0.4, 0.5) is 0 Å². The Morgan fingerprint density at radius 3 is 0.390 bits per heavy atom. The van der Waals surface area contributed by atoms with E-state index in [1.807, 2.05) is 136 Å². The molecule has 0 aliphatic heterocycles. The summed E-state index contributed by atoms with van der Waals surface area (Å²) < 4.78 is 11.2. The third-order valence-electron chi connectivity index (χ3n) is 17.3. The summed E-state index contributed by atoms with van der Waals surface area (Å²) in [6, 6.07) is 141. The molecule has 0 aliphatic carbocycles. The molecular weight excluding hydrogens is 1790 g/mol. The van der Waals surface area contributed by atoms with Crippen LogP contribution in [0.15, 0.2) is 475 Å². The van der Waals surface area contributed by atoms with Crippen LogP contribution in [-0.4, -0.2) is 89.4 Å². The number of aliphatic hydroxyl groups excluding tert-OH is 1. The molecule has 0 fully saturated rings. The second kappa shape index (κ2) is 55.0. The van der Waals surface area contributed by atoms with Crippen LogP contribution in [0.1, 0.15) is 6.92 Å². The van der Waals surface area contributed by atoms with Crippen LogP contribution in [-0.2, 0) is 34.6 Å². The predicted molar refractivity (Wildman–Crippen MR) is 502 cm³/mol. The fourth-order valence-corrected chi connectivity index (χ4v) is 21.6. The Balaban J connectivity index is 0.000000158. The predicted octanol–water partition coefficient (Wildman–Crippen LogP) is 16.4. The van der Waals surface area contributed by atoms with Gasteiger partial charge in [-0.1, -0.05) is 364 Å². The number of hydrogen-bond donors (Lipinski definition) is 1. The Morgan fingerprint density at radius 1 is 0.220 bits per heavy atom. The molecule has 0 spiro atoms. The van der Waals surface area contributed by atoms with Gasteiger partial charge in [0.2, 0.25) is 0 Å². The minimum absolute atomic E-state index is 0.194. The Labute approximate surface area is 737 Å². The van der Waals surface area contributed by atoms with Crippen molar-refractivity contribution in [2.24, 2.45) is 0 Å². The van der Waals surface area contributed by atoms with E-state index >= 15 is 0 Å². The van der Waals surface area contributed by atoms with Crippen LogP contribution in [0, 0.1) is 0 Å². The van der Waals surface area contributed by atoms with Crippen molar-refractivity contribution in [2.45, 2.75) is 6.92 Å². The number of aliphatic hydroxyl groups is 1. The number of halogens is 4. The first-order valence-corrected chi connectivity index (χ1v) is 48.5. The van der Waals surface area contributed by atoms with E-state index in [-0.39, 0.29) is 11.9 Å². The molecule has 0 amide bonds. The van der Waals surface area contributed by atoms with Crippen LogP contribution < -0.4 is 63.7 Å². The van der Waals surface area contributed by atoms with E-state index in [1.54, 1.807) is 44.1 Å². The second-order valence-electron chi connectivity index (χ2n) is 24.9. The first kappa shape index (κ1) is 92.0. The SMILES string of the molecule is CCO.ClCCl.[Cl][Ru+].[Cl][Ru+].c1ccc(P(c2ccccc2)c2ccccc2)cc1.c1ccc(P(c2ccccc2)c2ccccc2)cc1.c1ccc(P(c2ccccc2)c2ccccc2)cc1.c1ccc(P(c2ccccc2)c2ccccc2)cc1.c1cnn([BH-](n2cccn2)n2cccn2)c1.c1cnn([BH-](n2cccn2)n2cccn2)c1. The average Bonchev–Trinajstić information content (AvgIpc) is 1.62. The van der Waals surface area contributed by atoms with Crippen molar-refractivity contribution in [2.75, 3.05) is 11.9 Å². The molecule has 0 atom stereocenters. The molecule has 0 bridgehead atoms. The van der Waals surface area contributed by atoms with Gasteiger partial charge in [0.05, 0.1) is 5.34 Å². The smallest absolute Gasteiger partial charge is 0.325 e. The van der Waals surface area contributed by atoms with Crippen molar-refractivity contribution in [3.8, 4) is 0 Å². The zero-order valence-corrected chi connectivity index (χ0v) is 74.8. The maximum atomic E-state index is 7.57. The van der Waals surface area contributed by atoms with Crippen molar-refractivity contribution in [1.29, 1.82) is 0 Å². The normalized spacial score (nSPS) is 10.2. The van der Waals surface area contributed by atoms with Gasteiger partial charge in [-0.3, -0.25) is 0 Å². The molecular formula is C93H88B2Cl4N12OP4Ru2. The molecule has 1 N–H and O–H groups in total. The van der Waals surface area contributed by atoms with Gasteiger partial charge in [0.15, 0.2) is 0 Å². The summed E-state index contributed by atoms with van der Waals surface area (Å²) in [5.74, 6) is 0. The summed E-state index contributed by atoms with van der Waals surface area (Å²) in [6.45, 7) is 1.93. The standard InChI is InChI=1S/4C18H15P.2C9H10BN6.C2H6O.CH2Cl2.2ClH.2Ru/c4*1-4-10-16(11-5-1)19(17-12-6-2-7-13-17)18-14-8-3-9-15-18;2*1-4-11-14(7-1)10(15-8-2-5-12-15)16-9-3-6-13-16;1-2-3;2-1-3;;;;/h4*1-15H;2*1-10H;3H,2H2,1H3;1H2;2*1H;;/q;;;;2*-1;;;;;2*+2/p-2. The molecule has 12 aromatic carbocycles. The fraction of sp³-hybridized carbons (Fsp3) is 0.0323. The van der Waals surface area contributed by atoms with Gasteiger partial charge in [0.1, 0.15) is 0 Å². The number of benzene rings is 12. The summed E-state index contributed by atoms with van der Waals surface area (Å²) in [6.07, 6.45) is 22.1. The minimum Gasteiger partial charge on any atom is -0.403 e. The summed E-state index contributed by atoms with van der Waals surface area (Å²) >= 11 is 13.2. The van der Waals surface area contributed by atoms with Gasteiger partial charge in [-0.25, -0.2) is 30.6 Å². The van der Waals surface area contributed by atoms with E-state index in [0.717, 1.165) is 0 Å². The van der Waals surface area contributed by atoms with E-state index in [1.165, 1.54) is 63.7 Å². The van der Waals surface area contributed by atoms with Gasteiger partial charge in [-0.15, -0.1) is 23.2 Å². The number of rotatable bonds is 18. The second-order valence-corrected chi connectivity index (χ2v) is 34.6. The number of alkyl halides is 2. The summed E-state index contributed by atoms with van der Waals surface area (Å²) in [4.78, 5) is 0. The third kappa shape index (κ3) is 29.3. The zero-order valence-electron chi connectivity index (χ0n) is 64.7. The van der Waals surface area contributed by atoms with Gasteiger partial charge in [-0.05, 0) is 176 Å². The molecule has 0 saturated carbocycles. The third-order valence-corrected chi connectivity index (χ3v) is 27.0. The monoisotopic (exact) mass is 1880 g/mol. The molecule has 25 heteroatoms. The Morgan fingerprint density at radius 2 is 0.314 bits per heavy atom. The van der Waals surface area contributed by atoms with E-state index in [0.29, 0.717) is 0 Å².